The van der Waals surface area contributed by atoms with Crippen molar-refractivity contribution in [2.24, 2.45) is 0 Å². The maximum absolute atomic E-state index is 13.0. The van der Waals surface area contributed by atoms with Crippen molar-refractivity contribution in [3.05, 3.63) is 59.2 Å². The molecule has 2 aromatic carbocycles. The third-order valence-electron chi connectivity index (χ3n) is 5.62. The summed E-state index contributed by atoms with van der Waals surface area (Å²) in [6.07, 6.45) is 0.508. The van der Waals surface area contributed by atoms with E-state index in [4.69, 9.17) is 9.84 Å². The highest BCUT2D eigenvalue weighted by Gasteiger charge is 2.37. The van der Waals surface area contributed by atoms with E-state index in [1.54, 1.807) is 4.90 Å². The number of ether oxygens (including phenoxy) is 1. The average Bonchev–Trinajstić information content (AvgIpc) is 2.74. The third kappa shape index (κ3) is 3.54. The van der Waals surface area contributed by atoms with Crippen molar-refractivity contribution in [1.82, 2.24) is 4.31 Å². The van der Waals surface area contributed by atoms with E-state index in [9.17, 15) is 18.0 Å². The Morgan fingerprint density at radius 3 is 2.53 bits per heavy atom. The Morgan fingerprint density at radius 2 is 1.83 bits per heavy atom. The van der Waals surface area contributed by atoms with Crippen molar-refractivity contribution >= 4 is 27.8 Å². The molecule has 4 rings (SSSR count). The Kier molecular flexibility index (Phi) is 5.25. The summed E-state index contributed by atoms with van der Waals surface area (Å²) in [4.78, 5) is 25.3. The van der Waals surface area contributed by atoms with Crippen molar-refractivity contribution in [3.63, 3.8) is 0 Å². The van der Waals surface area contributed by atoms with Gasteiger partial charge in [-0.15, -0.1) is 0 Å². The molecule has 1 fully saturated rings. The van der Waals surface area contributed by atoms with Crippen LogP contribution in [0.2, 0.25) is 0 Å². The number of fused-ring (bicyclic) bond motifs is 1. The molecule has 0 radical (unpaired) electrons. The summed E-state index contributed by atoms with van der Waals surface area (Å²) >= 11 is 0. The third-order valence-corrected chi connectivity index (χ3v) is 7.51. The van der Waals surface area contributed by atoms with Gasteiger partial charge in [-0.2, -0.15) is 4.31 Å². The lowest BCUT2D eigenvalue weighted by Crippen LogP contribution is -2.50. The van der Waals surface area contributed by atoms with Gasteiger partial charge in [0.25, 0.3) is 0 Å². The number of carboxylic acids is 1. The van der Waals surface area contributed by atoms with Gasteiger partial charge in [-0.1, -0.05) is 24.3 Å². The molecular weight excluding hydrogens is 408 g/mol. The van der Waals surface area contributed by atoms with Crippen molar-refractivity contribution in [1.29, 1.82) is 0 Å². The molecule has 0 aliphatic carbocycles. The number of aryl methyl sites for hydroxylation is 1. The normalized spacial score (nSPS) is 18.0. The molecule has 0 aromatic heterocycles. The Morgan fingerprint density at radius 1 is 1.13 bits per heavy atom. The zero-order valence-corrected chi connectivity index (χ0v) is 17.3. The minimum absolute atomic E-state index is 0.0422. The second kappa shape index (κ2) is 7.73. The van der Waals surface area contributed by atoms with Crippen LogP contribution in [-0.4, -0.2) is 49.0 Å². The molecule has 1 amide bonds. The molecule has 2 heterocycles. The van der Waals surface area contributed by atoms with Crippen LogP contribution in [0.4, 0.5) is 10.5 Å². The molecule has 0 unspecified atom stereocenters. The fraction of sp³-hybridized carbons (Fsp3) is 0.333. The standard InChI is InChI=1S/C21H22N2O6S/c1-14-4-2-6-16-13-29-21(26)23(19(14)16)17-8-10-22(11-9-17)30(27,28)18-7-3-5-15(12-18)20(24)25/h2-7,12,17H,8-11,13H2,1H3,(H,24,25). The predicted octanol–water partition coefficient (Wildman–Crippen LogP) is 3.00. The number of aromatic carboxylic acids is 1. The van der Waals surface area contributed by atoms with Crippen LogP contribution in [0.3, 0.4) is 0 Å². The van der Waals surface area contributed by atoms with Gasteiger partial charge in [0.05, 0.1) is 16.1 Å². The molecule has 1 saturated heterocycles. The van der Waals surface area contributed by atoms with E-state index in [1.165, 1.54) is 28.6 Å². The molecule has 0 saturated carbocycles. The first-order valence-electron chi connectivity index (χ1n) is 9.67. The summed E-state index contributed by atoms with van der Waals surface area (Å²) in [5.41, 5.74) is 2.69. The Bertz CT molecular complexity index is 1110. The van der Waals surface area contributed by atoms with Gasteiger partial charge in [0.2, 0.25) is 10.0 Å². The van der Waals surface area contributed by atoms with Gasteiger partial charge in [0.1, 0.15) is 6.61 Å². The number of piperidine rings is 1. The summed E-state index contributed by atoms with van der Waals surface area (Å²) in [5.74, 6) is -1.18. The molecule has 158 valence electrons. The largest absolute Gasteiger partial charge is 0.478 e. The summed E-state index contributed by atoms with van der Waals surface area (Å²) in [6.45, 7) is 2.64. The maximum Gasteiger partial charge on any atom is 0.414 e. The van der Waals surface area contributed by atoms with Crippen LogP contribution in [0.1, 0.15) is 34.3 Å². The monoisotopic (exact) mass is 430 g/mol. The number of cyclic esters (lactones) is 1. The fourth-order valence-electron chi connectivity index (χ4n) is 4.09. The number of nitrogens with zero attached hydrogens (tertiary/aromatic N) is 2. The summed E-state index contributed by atoms with van der Waals surface area (Å²) < 4.78 is 32.6. The molecular formula is C21H22N2O6S. The topological polar surface area (TPSA) is 104 Å². The number of anilines is 1. The highest BCUT2D eigenvalue weighted by atomic mass is 32.2. The van der Waals surface area contributed by atoms with E-state index < -0.39 is 22.1 Å². The van der Waals surface area contributed by atoms with E-state index in [0.717, 1.165) is 16.8 Å². The number of hydrogen-bond acceptors (Lipinski definition) is 5. The first kappa shape index (κ1) is 20.4. The summed E-state index contributed by atoms with van der Waals surface area (Å²) in [7, 11) is -3.82. The molecule has 2 aliphatic rings. The van der Waals surface area contributed by atoms with Crippen molar-refractivity contribution in [3.8, 4) is 0 Å². The van der Waals surface area contributed by atoms with Crippen molar-refractivity contribution < 1.29 is 27.9 Å². The molecule has 0 spiro atoms. The first-order chi connectivity index (χ1) is 14.3. The fourth-order valence-corrected chi connectivity index (χ4v) is 5.61. The van der Waals surface area contributed by atoms with Crippen LogP contribution in [0.15, 0.2) is 47.4 Å². The molecule has 2 aromatic rings. The number of carbonyl (C=O) groups excluding carboxylic acids is 1. The van der Waals surface area contributed by atoms with Crippen LogP contribution in [0.5, 0.6) is 0 Å². The minimum atomic E-state index is -3.82. The number of hydrogen-bond donors (Lipinski definition) is 1. The van der Waals surface area contributed by atoms with Crippen molar-refractivity contribution in [2.75, 3.05) is 18.0 Å². The highest BCUT2D eigenvalue weighted by molar-refractivity contribution is 7.89. The summed E-state index contributed by atoms with van der Waals surface area (Å²) in [5, 5.41) is 9.13. The molecule has 0 bridgehead atoms. The molecule has 0 atom stereocenters. The SMILES string of the molecule is Cc1cccc2c1N(C1CCN(S(=O)(=O)c3cccc(C(=O)O)c3)CC1)C(=O)OC2. The average molecular weight is 430 g/mol. The number of benzene rings is 2. The molecule has 8 nitrogen and oxygen atoms in total. The predicted molar refractivity (Wildman–Crippen MR) is 109 cm³/mol. The van der Waals surface area contributed by atoms with Gasteiger partial charge in [0.15, 0.2) is 0 Å². The highest BCUT2D eigenvalue weighted by Crippen LogP contribution is 2.35. The second-order valence-electron chi connectivity index (χ2n) is 7.48. The number of carboxylic acid groups (broad SMARTS) is 1. The van der Waals surface area contributed by atoms with Crippen LogP contribution >= 0.6 is 0 Å². The van der Waals surface area contributed by atoms with E-state index in [2.05, 4.69) is 0 Å². The van der Waals surface area contributed by atoms with Gasteiger partial charge < -0.3 is 9.84 Å². The maximum atomic E-state index is 13.0. The Hall–Kier alpha value is -2.91. The number of sulfonamides is 1. The Labute approximate surface area is 174 Å². The molecule has 2 aliphatic heterocycles. The van der Waals surface area contributed by atoms with E-state index in [0.29, 0.717) is 12.8 Å². The number of rotatable bonds is 4. The van der Waals surface area contributed by atoms with Gasteiger partial charge in [0, 0.05) is 24.7 Å². The number of amides is 1. The quantitative estimate of drug-likeness (QED) is 0.800. The van der Waals surface area contributed by atoms with Crippen LogP contribution in [0, 0.1) is 6.92 Å². The van der Waals surface area contributed by atoms with E-state index in [1.807, 2.05) is 25.1 Å². The van der Waals surface area contributed by atoms with E-state index >= 15 is 0 Å². The lowest BCUT2D eigenvalue weighted by Gasteiger charge is -2.40. The van der Waals surface area contributed by atoms with Gasteiger partial charge in [-0.3, -0.25) is 4.90 Å². The first-order valence-corrected chi connectivity index (χ1v) is 11.1. The van der Waals surface area contributed by atoms with Crippen LogP contribution < -0.4 is 4.90 Å². The van der Waals surface area contributed by atoms with Gasteiger partial charge in [-0.25, -0.2) is 18.0 Å². The zero-order valence-electron chi connectivity index (χ0n) is 16.4. The summed E-state index contributed by atoms with van der Waals surface area (Å²) in [6, 6.07) is 11.0. The van der Waals surface area contributed by atoms with Crippen LogP contribution in [-0.2, 0) is 21.4 Å². The number of para-hydroxylation sites is 1. The smallest absolute Gasteiger partial charge is 0.414 e. The van der Waals surface area contributed by atoms with Gasteiger partial charge >= 0.3 is 12.1 Å². The minimum Gasteiger partial charge on any atom is -0.478 e. The van der Waals surface area contributed by atoms with E-state index in [-0.39, 0.29) is 36.2 Å². The molecule has 30 heavy (non-hydrogen) atoms. The molecule has 9 heteroatoms. The Balaban J connectivity index is 1.54. The lowest BCUT2D eigenvalue weighted by molar-refractivity contribution is 0.0696. The molecule has 1 N–H and O–H groups in total. The van der Waals surface area contributed by atoms with Gasteiger partial charge in [-0.05, 0) is 43.5 Å². The van der Waals surface area contributed by atoms with Crippen molar-refractivity contribution in [2.45, 2.75) is 37.3 Å². The number of carbonyl (C=O) groups is 2. The van der Waals surface area contributed by atoms with Crippen LogP contribution in [0.25, 0.3) is 0 Å². The second-order valence-corrected chi connectivity index (χ2v) is 9.41. The lowest BCUT2D eigenvalue weighted by atomic mass is 10.00. The zero-order chi connectivity index (χ0) is 21.5.